The van der Waals surface area contributed by atoms with E-state index < -0.39 is 29.5 Å². The first-order chi connectivity index (χ1) is 17.4. The van der Waals surface area contributed by atoms with Gasteiger partial charge in [-0.15, -0.1) is 0 Å². The van der Waals surface area contributed by atoms with Gasteiger partial charge in [0, 0.05) is 21.8 Å². The number of fused-ring (bicyclic) bond motifs is 1. The summed E-state index contributed by atoms with van der Waals surface area (Å²) in [6.07, 6.45) is -4.63. The van der Waals surface area contributed by atoms with E-state index in [1.165, 1.54) is 48.5 Å². The molecule has 0 aliphatic rings. The number of hydrogen-bond acceptors (Lipinski definition) is 3. The smallest absolute Gasteiger partial charge is 0.321 e. The van der Waals surface area contributed by atoms with Gasteiger partial charge in [-0.05, 0) is 60.7 Å². The number of carbonyl (C=O) groups is 3. The van der Waals surface area contributed by atoms with Gasteiger partial charge < -0.3 is 10.6 Å². The molecule has 0 aliphatic heterocycles. The first-order valence-electron chi connectivity index (χ1n) is 10.3. The molecule has 37 heavy (non-hydrogen) atoms. The van der Waals surface area contributed by atoms with Gasteiger partial charge in [-0.1, -0.05) is 40.9 Å². The molecule has 3 amide bonds. The Balaban J connectivity index is 1.61. The molecule has 0 fully saturated rings. The highest BCUT2D eigenvalue weighted by molar-refractivity contribution is 6.43. The number of amides is 3. The number of aromatic nitrogens is 1. The lowest BCUT2D eigenvalue weighted by Gasteiger charge is -2.13. The zero-order valence-electron chi connectivity index (χ0n) is 18.3. The van der Waals surface area contributed by atoms with Gasteiger partial charge in [-0.3, -0.25) is 19.8 Å². The van der Waals surface area contributed by atoms with Gasteiger partial charge in [0.1, 0.15) is 5.69 Å². The summed E-state index contributed by atoms with van der Waals surface area (Å²) in [5.41, 5.74) is 1.61. The Bertz CT molecular complexity index is 1550. The first-order valence-corrected chi connectivity index (χ1v) is 11.4. The summed E-state index contributed by atoms with van der Waals surface area (Å²) in [5.74, 6) is -3.18. The topological polar surface area (TPSA) is 92.2 Å². The van der Waals surface area contributed by atoms with Crippen LogP contribution in [0.4, 0.5) is 24.5 Å². The van der Waals surface area contributed by atoms with E-state index in [1.54, 1.807) is 0 Å². The Kier molecular flexibility index (Phi) is 7.35. The van der Waals surface area contributed by atoms with Gasteiger partial charge in [-0.2, -0.15) is 13.2 Å². The minimum absolute atomic E-state index is 0.0800. The van der Waals surface area contributed by atoms with Crippen LogP contribution in [-0.2, 0) is 15.8 Å². The van der Waals surface area contributed by atoms with Crippen molar-refractivity contribution < 1.29 is 27.6 Å². The largest absolute Gasteiger partial charge is 0.416 e. The molecular weight excluding hydrogens is 556 g/mol. The molecule has 190 valence electrons. The predicted molar refractivity (Wildman–Crippen MR) is 136 cm³/mol. The molecule has 0 bridgehead atoms. The molecular formula is C24H14Cl3F3N4O3. The summed E-state index contributed by atoms with van der Waals surface area (Å²) >= 11 is 17.9. The zero-order valence-corrected chi connectivity index (χ0v) is 20.6. The van der Waals surface area contributed by atoms with Crippen LogP contribution >= 0.6 is 34.8 Å². The highest BCUT2D eigenvalue weighted by Crippen LogP contribution is 2.31. The average Bonchev–Trinajstić information content (AvgIpc) is 3.18. The van der Waals surface area contributed by atoms with Crippen molar-refractivity contribution in [2.24, 2.45) is 0 Å². The van der Waals surface area contributed by atoms with E-state index in [-0.39, 0.29) is 21.4 Å². The number of alkyl halides is 3. The molecule has 0 radical (unpaired) electrons. The maximum absolute atomic E-state index is 13.1. The second-order valence-corrected chi connectivity index (χ2v) is 8.88. The second kappa shape index (κ2) is 10.3. The SMILES string of the molecule is O=C(Nc1cccc(C(F)(F)F)c1)C(=O)Nn1c(C(=O)Nc2ccc(Cl)c(Cl)c2)cc2cc(Cl)ccc21. The molecule has 7 nitrogen and oxygen atoms in total. The van der Waals surface area contributed by atoms with Crippen LogP contribution in [0.2, 0.25) is 15.1 Å². The van der Waals surface area contributed by atoms with Gasteiger partial charge in [-0.25, -0.2) is 4.68 Å². The number of carbonyl (C=O) groups excluding carboxylic acids is 3. The first kappa shape index (κ1) is 26.3. The van der Waals surface area contributed by atoms with E-state index in [1.807, 2.05) is 0 Å². The lowest BCUT2D eigenvalue weighted by Crippen LogP contribution is -2.36. The van der Waals surface area contributed by atoms with E-state index in [9.17, 15) is 27.6 Å². The molecule has 0 saturated heterocycles. The minimum atomic E-state index is -4.63. The number of rotatable bonds is 4. The maximum atomic E-state index is 13.1. The van der Waals surface area contributed by atoms with Gasteiger partial charge >= 0.3 is 18.0 Å². The molecule has 0 spiro atoms. The van der Waals surface area contributed by atoms with Gasteiger partial charge in [0.05, 0.1) is 21.1 Å². The summed E-state index contributed by atoms with van der Waals surface area (Å²) in [5, 5.41) is 6.02. The maximum Gasteiger partial charge on any atom is 0.416 e. The van der Waals surface area contributed by atoms with Crippen molar-refractivity contribution in [3.05, 3.63) is 93.1 Å². The quantitative estimate of drug-likeness (QED) is 0.242. The van der Waals surface area contributed by atoms with E-state index in [4.69, 9.17) is 34.8 Å². The number of anilines is 2. The van der Waals surface area contributed by atoms with E-state index in [2.05, 4.69) is 16.1 Å². The fraction of sp³-hybridized carbons (Fsp3) is 0.0417. The summed E-state index contributed by atoms with van der Waals surface area (Å²) in [7, 11) is 0. The Morgan fingerprint density at radius 3 is 2.19 bits per heavy atom. The summed E-state index contributed by atoms with van der Waals surface area (Å²) in [4.78, 5) is 38.2. The molecule has 0 aliphatic carbocycles. The number of nitrogens with one attached hydrogen (secondary N) is 3. The third kappa shape index (κ3) is 5.99. The number of hydrogen-bond donors (Lipinski definition) is 3. The van der Waals surface area contributed by atoms with E-state index >= 15 is 0 Å². The molecule has 0 saturated carbocycles. The summed E-state index contributed by atoms with van der Waals surface area (Å²) < 4.78 is 39.9. The second-order valence-electron chi connectivity index (χ2n) is 7.62. The summed E-state index contributed by atoms with van der Waals surface area (Å²) in [6, 6.07) is 14.2. The number of halogens is 6. The summed E-state index contributed by atoms with van der Waals surface area (Å²) in [6.45, 7) is 0. The van der Waals surface area contributed by atoms with Gasteiger partial charge in [0.25, 0.3) is 5.91 Å². The number of nitrogens with zero attached hydrogens (tertiary/aromatic N) is 1. The molecule has 3 aromatic carbocycles. The van der Waals surface area contributed by atoms with E-state index in [0.29, 0.717) is 27.7 Å². The van der Waals surface area contributed by atoms with Crippen molar-refractivity contribution in [3.8, 4) is 0 Å². The van der Waals surface area contributed by atoms with Crippen molar-refractivity contribution in [2.45, 2.75) is 6.18 Å². The molecule has 13 heteroatoms. The molecule has 0 unspecified atom stereocenters. The lowest BCUT2D eigenvalue weighted by atomic mass is 10.2. The van der Waals surface area contributed by atoms with Crippen molar-refractivity contribution in [1.82, 2.24) is 4.68 Å². The molecule has 4 aromatic rings. The van der Waals surface area contributed by atoms with Crippen LogP contribution in [-0.4, -0.2) is 22.4 Å². The monoisotopic (exact) mass is 568 g/mol. The van der Waals surface area contributed by atoms with Crippen LogP contribution in [0.25, 0.3) is 10.9 Å². The van der Waals surface area contributed by atoms with Crippen molar-refractivity contribution in [3.63, 3.8) is 0 Å². The van der Waals surface area contributed by atoms with Crippen LogP contribution in [0.1, 0.15) is 16.1 Å². The van der Waals surface area contributed by atoms with Crippen molar-refractivity contribution in [2.75, 3.05) is 16.1 Å². The standard InChI is InChI=1S/C24H14Cl3F3N4O3/c25-14-4-7-19-12(8-14)9-20(21(35)31-16-5-6-17(26)18(27)11-16)34(19)33-23(37)22(36)32-15-3-1-2-13(10-15)24(28,29)30/h1-11H,(H,31,35)(H,32,36)(H,33,37). The Morgan fingerprint density at radius 1 is 0.757 bits per heavy atom. The zero-order chi connectivity index (χ0) is 26.9. The number of benzene rings is 3. The molecule has 1 heterocycles. The van der Waals surface area contributed by atoms with Crippen molar-refractivity contribution >= 4 is 74.8 Å². The van der Waals surface area contributed by atoms with Crippen LogP contribution < -0.4 is 16.1 Å². The fourth-order valence-corrected chi connectivity index (χ4v) is 3.83. The predicted octanol–water partition coefficient (Wildman–Crippen LogP) is 6.58. The Hall–Kier alpha value is -3.73. The minimum Gasteiger partial charge on any atom is -0.321 e. The Labute approximate surface area is 222 Å². The average molecular weight is 570 g/mol. The van der Waals surface area contributed by atoms with E-state index in [0.717, 1.165) is 16.8 Å². The normalized spacial score (nSPS) is 11.3. The Morgan fingerprint density at radius 2 is 1.49 bits per heavy atom. The molecule has 0 atom stereocenters. The third-order valence-electron chi connectivity index (χ3n) is 5.04. The van der Waals surface area contributed by atoms with Crippen molar-refractivity contribution in [1.29, 1.82) is 0 Å². The molecule has 3 N–H and O–H groups in total. The third-order valence-corrected chi connectivity index (χ3v) is 6.02. The highest BCUT2D eigenvalue weighted by Gasteiger charge is 2.30. The van der Waals surface area contributed by atoms with Crippen LogP contribution in [0.5, 0.6) is 0 Å². The van der Waals surface area contributed by atoms with Gasteiger partial charge in [0.15, 0.2) is 0 Å². The molecule has 4 rings (SSSR count). The van der Waals surface area contributed by atoms with Crippen LogP contribution in [0, 0.1) is 0 Å². The fourth-order valence-electron chi connectivity index (χ4n) is 3.36. The van der Waals surface area contributed by atoms with Gasteiger partial charge in [0.2, 0.25) is 0 Å². The van der Waals surface area contributed by atoms with Crippen LogP contribution in [0.3, 0.4) is 0 Å². The van der Waals surface area contributed by atoms with Crippen LogP contribution in [0.15, 0.2) is 66.7 Å². The lowest BCUT2D eigenvalue weighted by molar-refractivity contribution is -0.137. The highest BCUT2D eigenvalue weighted by atomic mass is 35.5. The molecule has 1 aromatic heterocycles.